The molecule has 0 unspecified atom stereocenters. The molecule has 2 bridgehead atoms. The SMILES string of the molecule is O=[C]C12CC(C1)C2. The van der Waals surface area contributed by atoms with E-state index >= 15 is 0 Å². The Morgan fingerprint density at radius 3 is 2.00 bits per heavy atom. The van der Waals surface area contributed by atoms with E-state index < -0.39 is 0 Å². The first kappa shape index (κ1) is 3.65. The predicted octanol–water partition coefficient (Wildman–Crippen LogP) is 0.896. The second-order valence-corrected chi connectivity index (χ2v) is 2.86. The van der Waals surface area contributed by atoms with E-state index in [0.29, 0.717) is 0 Å². The average molecular weight is 95.1 g/mol. The molecule has 0 aromatic heterocycles. The van der Waals surface area contributed by atoms with Gasteiger partial charge in [-0.15, -0.1) is 0 Å². The van der Waals surface area contributed by atoms with Crippen LogP contribution in [0.2, 0.25) is 0 Å². The summed E-state index contributed by atoms with van der Waals surface area (Å²) in [6, 6.07) is 0. The third-order valence-corrected chi connectivity index (χ3v) is 2.25. The summed E-state index contributed by atoms with van der Waals surface area (Å²) in [6.07, 6.45) is 5.54. The summed E-state index contributed by atoms with van der Waals surface area (Å²) in [6.45, 7) is 0. The molecule has 3 aliphatic rings. The highest BCUT2D eigenvalue weighted by atomic mass is 16.1. The van der Waals surface area contributed by atoms with Crippen molar-refractivity contribution in [2.75, 3.05) is 0 Å². The van der Waals surface area contributed by atoms with Crippen LogP contribution in [0.25, 0.3) is 0 Å². The van der Waals surface area contributed by atoms with E-state index in [1.165, 1.54) is 0 Å². The van der Waals surface area contributed by atoms with Crippen LogP contribution in [0.5, 0.6) is 0 Å². The maximum absolute atomic E-state index is 10.0. The monoisotopic (exact) mass is 95.0 g/mol. The van der Waals surface area contributed by atoms with Crippen LogP contribution in [-0.2, 0) is 4.79 Å². The van der Waals surface area contributed by atoms with Crippen molar-refractivity contribution in [2.24, 2.45) is 11.3 Å². The quantitative estimate of drug-likeness (QED) is 0.472. The summed E-state index contributed by atoms with van der Waals surface area (Å²) < 4.78 is 0. The van der Waals surface area contributed by atoms with E-state index in [1.54, 1.807) is 0 Å². The van der Waals surface area contributed by atoms with Crippen LogP contribution in [0.15, 0.2) is 0 Å². The van der Waals surface area contributed by atoms with E-state index in [0.717, 1.165) is 25.2 Å². The minimum Gasteiger partial charge on any atom is -0.290 e. The molecule has 3 fully saturated rings. The maximum atomic E-state index is 10.0. The largest absolute Gasteiger partial charge is 0.290 e. The molecule has 3 aliphatic carbocycles. The molecule has 0 amide bonds. The van der Waals surface area contributed by atoms with Crippen LogP contribution < -0.4 is 0 Å². The van der Waals surface area contributed by atoms with Gasteiger partial charge in [0.1, 0.15) is 0 Å². The Morgan fingerprint density at radius 1 is 1.43 bits per heavy atom. The highest BCUT2D eigenvalue weighted by Gasteiger charge is 2.57. The van der Waals surface area contributed by atoms with Crippen molar-refractivity contribution in [2.45, 2.75) is 19.3 Å². The molecule has 3 saturated carbocycles. The maximum Gasteiger partial charge on any atom is 0.205 e. The molecule has 3 rings (SSSR count). The summed E-state index contributed by atoms with van der Waals surface area (Å²) in [7, 11) is 0. The minimum absolute atomic E-state index is 0.102. The fraction of sp³-hybridized carbons (Fsp3) is 0.833. The van der Waals surface area contributed by atoms with Crippen LogP contribution in [0.3, 0.4) is 0 Å². The highest BCUT2D eigenvalue weighted by molar-refractivity contribution is 5.65. The summed E-state index contributed by atoms with van der Waals surface area (Å²) >= 11 is 0. The van der Waals surface area contributed by atoms with Gasteiger partial charge in [0.2, 0.25) is 6.29 Å². The second kappa shape index (κ2) is 0.770. The van der Waals surface area contributed by atoms with Crippen molar-refractivity contribution in [3.63, 3.8) is 0 Å². The second-order valence-electron chi connectivity index (χ2n) is 2.86. The smallest absolute Gasteiger partial charge is 0.205 e. The number of carbonyl (C=O) groups excluding carboxylic acids is 1. The van der Waals surface area contributed by atoms with Gasteiger partial charge in [-0.2, -0.15) is 0 Å². The third-order valence-electron chi connectivity index (χ3n) is 2.25. The number of rotatable bonds is 1. The first-order chi connectivity index (χ1) is 3.35. The van der Waals surface area contributed by atoms with Crippen molar-refractivity contribution in [3.05, 3.63) is 0 Å². The van der Waals surface area contributed by atoms with Gasteiger partial charge in [0, 0.05) is 5.41 Å². The molecular formula is C6H7O. The van der Waals surface area contributed by atoms with Crippen molar-refractivity contribution in [1.82, 2.24) is 0 Å². The Hall–Kier alpha value is -0.330. The molecule has 1 nitrogen and oxygen atoms in total. The van der Waals surface area contributed by atoms with Crippen LogP contribution >= 0.6 is 0 Å². The molecule has 1 heteroatoms. The number of hydrogen-bond acceptors (Lipinski definition) is 1. The van der Waals surface area contributed by atoms with Gasteiger partial charge in [-0.3, -0.25) is 4.79 Å². The average Bonchev–Trinajstić information content (AvgIpc) is 1.25. The van der Waals surface area contributed by atoms with E-state index in [-0.39, 0.29) is 5.41 Å². The zero-order valence-corrected chi connectivity index (χ0v) is 4.11. The Labute approximate surface area is 42.7 Å². The van der Waals surface area contributed by atoms with E-state index in [1.807, 2.05) is 0 Å². The Kier molecular flexibility index (Phi) is 0.401. The number of hydrogen-bond donors (Lipinski definition) is 0. The lowest BCUT2D eigenvalue weighted by Crippen LogP contribution is -2.52. The van der Waals surface area contributed by atoms with Crippen LogP contribution in [0.1, 0.15) is 19.3 Å². The van der Waals surface area contributed by atoms with Gasteiger partial charge < -0.3 is 0 Å². The lowest BCUT2D eigenvalue weighted by Gasteiger charge is -2.57. The molecule has 37 valence electrons. The molecule has 0 N–H and O–H groups in total. The lowest BCUT2D eigenvalue weighted by molar-refractivity contribution is -0.0418. The molecule has 0 aromatic rings. The van der Waals surface area contributed by atoms with Gasteiger partial charge in [0.15, 0.2) is 0 Å². The van der Waals surface area contributed by atoms with E-state index in [4.69, 9.17) is 0 Å². The van der Waals surface area contributed by atoms with Crippen molar-refractivity contribution >= 4 is 6.29 Å². The third kappa shape index (κ3) is 0.245. The first-order valence-electron chi connectivity index (χ1n) is 2.74. The molecule has 0 saturated heterocycles. The van der Waals surface area contributed by atoms with Crippen LogP contribution in [0.4, 0.5) is 0 Å². The fourth-order valence-corrected chi connectivity index (χ4v) is 1.60. The standard InChI is InChI=1S/C6H7O/c7-4-6-1-5(2-6)3-6/h5H,1-3H2. The van der Waals surface area contributed by atoms with Crippen molar-refractivity contribution < 1.29 is 4.79 Å². The molecular weight excluding hydrogens is 88.1 g/mol. The highest BCUT2D eigenvalue weighted by Crippen LogP contribution is 2.62. The van der Waals surface area contributed by atoms with E-state index in [2.05, 4.69) is 6.29 Å². The van der Waals surface area contributed by atoms with E-state index in [9.17, 15) is 4.79 Å². The fourth-order valence-electron chi connectivity index (χ4n) is 1.60. The molecule has 1 radical (unpaired) electrons. The van der Waals surface area contributed by atoms with Gasteiger partial charge in [0.05, 0.1) is 0 Å². The summed E-state index contributed by atoms with van der Waals surface area (Å²) in [4.78, 5) is 10.0. The van der Waals surface area contributed by atoms with Crippen LogP contribution in [0, 0.1) is 11.3 Å². The molecule has 0 heterocycles. The predicted molar refractivity (Wildman–Crippen MR) is 25.5 cm³/mol. The normalized spacial score (nSPS) is 54.6. The molecule has 0 atom stereocenters. The Morgan fingerprint density at radius 2 is 2.00 bits per heavy atom. The van der Waals surface area contributed by atoms with Gasteiger partial charge in [0.25, 0.3) is 0 Å². The Balaban J connectivity index is 2.16. The summed E-state index contributed by atoms with van der Waals surface area (Å²) in [5.41, 5.74) is 0.102. The summed E-state index contributed by atoms with van der Waals surface area (Å²) in [5.74, 6) is 0.918. The molecule has 0 aromatic carbocycles. The van der Waals surface area contributed by atoms with Gasteiger partial charge in [-0.25, -0.2) is 0 Å². The lowest BCUT2D eigenvalue weighted by atomic mass is 9.45. The van der Waals surface area contributed by atoms with Gasteiger partial charge >= 0.3 is 0 Å². The van der Waals surface area contributed by atoms with Gasteiger partial charge in [-0.1, -0.05) is 0 Å². The first-order valence-corrected chi connectivity index (χ1v) is 2.74. The minimum atomic E-state index is 0.102. The molecule has 0 aliphatic heterocycles. The summed E-state index contributed by atoms with van der Waals surface area (Å²) in [5, 5.41) is 0. The zero-order chi connectivity index (χ0) is 4.91. The van der Waals surface area contributed by atoms with Gasteiger partial charge in [-0.05, 0) is 25.2 Å². The van der Waals surface area contributed by atoms with Crippen molar-refractivity contribution in [1.29, 1.82) is 0 Å². The molecule has 7 heavy (non-hydrogen) atoms. The molecule has 0 spiro atoms. The van der Waals surface area contributed by atoms with Crippen molar-refractivity contribution in [3.8, 4) is 0 Å². The zero-order valence-electron chi connectivity index (χ0n) is 4.11. The topological polar surface area (TPSA) is 17.1 Å². The Bertz CT molecular complexity index is 100. The van der Waals surface area contributed by atoms with Crippen LogP contribution in [-0.4, -0.2) is 6.29 Å².